The molecule has 0 bridgehead atoms. The van der Waals surface area contributed by atoms with Crippen molar-refractivity contribution in [2.45, 2.75) is 13.8 Å². The highest BCUT2D eigenvalue weighted by Crippen LogP contribution is 2.30. The third-order valence-electron chi connectivity index (χ3n) is 4.51. The lowest BCUT2D eigenvalue weighted by Gasteiger charge is -2.11. The predicted molar refractivity (Wildman–Crippen MR) is 130 cm³/mol. The molecule has 0 saturated heterocycles. The van der Waals surface area contributed by atoms with Crippen LogP contribution >= 0.6 is 0 Å². The minimum absolute atomic E-state index is 0.353. The van der Waals surface area contributed by atoms with E-state index in [1.54, 1.807) is 37.6 Å². The third kappa shape index (κ3) is 6.97. The van der Waals surface area contributed by atoms with Crippen molar-refractivity contribution in [1.82, 2.24) is 4.98 Å². The minimum Gasteiger partial charge on any atom is -0.493 e. The normalized spacial score (nSPS) is 11.0. The molecule has 6 heteroatoms. The molecule has 3 aromatic rings. The lowest BCUT2D eigenvalue weighted by atomic mass is 10.1. The zero-order chi connectivity index (χ0) is 23.5. The van der Waals surface area contributed by atoms with Gasteiger partial charge < -0.3 is 18.9 Å². The summed E-state index contributed by atoms with van der Waals surface area (Å²) in [5, 5.41) is 0. The van der Waals surface area contributed by atoms with Gasteiger partial charge in [-0.3, -0.25) is 4.98 Å². The Labute approximate surface area is 194 Å². The van der Waals surface area contributed by atoms with Gasteiger partial charge in [0.25, 0.3) is 0 Å². The number of carbonyl (C=O) groups is 1. The molecule has 0 amide bonds. The first-order chi connectivity index (χ1) is 16.1. The van der Waals surface area contributed by atoms with Gasteiger partial charge in [0.15, 0.2) is 23.0 Å². The molecule has 0 radical (unpaired) electrons. The Bertz CT molecular complexity index is 1120. The molecule has 0 aliphatic carbocycles. The maximum atomic E-state index is 12.4. The van der Waals surface area contributed by atoms with E-state index in [4.69, 9.17) is 18.9 Å². The van der Waals surface area contributed by atoms with Crippen molar-refractivity contribution in [3.05, 3.63) is 83.7 Å². The lowest BCUT2D eigenvalue weighted by molar-refractivity contribution is -0.129. The number of ether oxygens (including phenoxy) is 4. The number of esters is 1. The van der Waals surface area contributed by atoms with Crippen molar-refractivity contribution in [1.29, 1.82) is 0 Å². The van der Waals surface area contributed by atoms with Gasteiger partial charge in [-0.1, -0.05) is 24.3 Å². The maximum absolute atomic E-state index is 12.4. The Kier molecular flexibility index (Phi) is 8.65. The quantitative estimate of drug-likeness (QED) is 0.227. The first-order valence-electron chi connectivity index (χ1n) is 10.7. The topological polar surface area (TPSA) is 66.9 Å². The molecular weight excluding hydrogens is 418 g/mol. The largest absolute Gasteiger partial charge is 0.493 e. The zero-order valence-corrected chi connectivity index (χ0v) is 19.0. The Morgan fingerprint density at radius 2 is 1.52 bits per heavy atom. The molecule has 170 valence electrons. The number of carbonyl (C=O) groups excluding carboxylic acids is 1. The summed E-state index contributed by atoms with van der Waals surface area (Å²) in [6.07, 6.45) is 8.59. The predicted octanol–water partition coefficient (Wildman–Crippen LogP) is 5.68. The average molecular weight is 446 g/mol. The summed E-state index contributed by atoms with van der Waals surface area (Å²) in [5.41, 5.74) is 2.54. The smallest absolute Gasteiger partial charge is 0.336 e. The molecule has 0 aliphatic heterocycles. The third-order valence-corrected chi connectivity index (χ3v) is 4.51. The Balaban J connectivity index is 1.71. The molecule has 0 spiro atoms. The first-order valence-corrected chi connectivity index (χ1v) is 10.7. The zero-order valence-electron chi connectivity index (χ0n) is 19.0. The molecule has 0 saturated carbocycles. The fraction of sp³-hybridized carbons (Fsp3) is 0.185. The summed E-state index contributed by atoms with van der Waals surface area (Å²) in [6.45, 7) is 4.77. The summed E-state index contributed by atoms with van der Waals surface area (Å²) in [6, 6.07) is 16.5. The van der Waals surface area contributed by atoms with E-state index in [0.717, 1.165) is 16.8 Å². The highest BCUT2D eigenvalue weighted by molar-refractivity contribution is 5.89. The Morgan fingerprint density at radius 1 is 0.818 bits per heavy atom. The highest BCUT2D eigenvalue weighted by Gasteiger charge is 2.10. The van der Waals surface area contributed by atoms with Crippen LogP contribution in [0.25, 0.3) is 18.2 Å². The molecule has 0 fully saturated rings. The fourth-order valence-electron chi connectivity index (χ4n) is 3.01. The highest BCUT2D eigenvalue weighted by atomic mass is 16.6. The number of nitrogens with zero attached hydrogens (tertiary/aromatic N) is 1. The molecule has 0 aliphatic rings. The molecule has 6 nitrogen and oxygen atoms in total. The number of methoxy groups -OCH3 is 1. The van der Waals surface area contributed by atoms with Crippen LogP contribution in [0.4, 0.5) is 0 Å². The number of aromatic nitrogens is 1. The number of pyridine rings is 1. The van der Waals surface area contributed by atoms with Gasteiger partial charge in [-0.2, -0.15) is 0 Å². The van der Waals surface area contributed by atoms with Crippen LogP contribution < -0.4 is 18.9 Å². The van der Waals surface area contributed by atoms with E-state index in [0.29, 0.717) is 36.2 Å². The minimum atomic E-state index is -0.513. The van der Waals surface area contributed by atoms with Crippen molar-refractivity contribution in [3.8, 4) is 23.0 Å². The number of hydrogen-bond acceptors (Lipinski definition) is 6. The van der Waals surface area contributed by atoms with Crippen LogP contribution in [0.3, 0.4) is 0 Å². The molecule has 3 rings (SSSR count). The monoisotopic (exact) mass is 445 g/mol. The molecule has 0 atom stereocenters. The van der Waals surface area contributed by atoms with Gasteiger partial charge >= 0.3 is 5.97 Å². The summed E-state index contributed by atoms with van der Waals surface area (Å²) < 4.78 is 22.0. The maximum Gasteiger partial charge on any atom is 0.336 e. The molecule has 0 unspecified atom stereocenters. The average Bonchev–Trinajstić information content (AvgIpc) is 2.84. The molecule has 1 heterocycles. The van der Waals surface area contributed by atoms with E-state index in [2.05, 4.69) is 4.98 Å². The van der Waals surface area contributed by atoms with Crippen molar-refractivity contribution in [3.63, 3.8) is 0 Å². The lowest BCUT2D eigenvalue weighted by Crippen LogP contribution is -2.06. The Morgan fingerprint density at radius 3 is 2.21 bits per heavy atom. The van der Waals surface area contributed by atoms with Gasteiger partial charge in [0.2, 0.25) is 0 Å². The molecule has 0 N–H and O–H groups in total. The van der Waals surface area contributed by atoms with Gasteiger partial charge in [0.05, 0.1) is 26.0 Å². The molecule has 33 heavy (non-hydrogen) atoms. The van der Waals surface area contributed by atoms with Crippen LogP contribution in [0, 0.1) is 0 Å². The first kappa shape index (κ1) is 23.6. The SMILES string of the molecule is CCOc1ccc(/C=C/C(=O)Oc2ccc(/C=C/c3ccccn3)cc2OCC)cc1OC. The fourth-order valence-corrected chi connectivity index (χ4v) is 3.01. The van der Waals surface area contributed by atoms with E-state index in [9.17, 15) is 4.79 Å². The van der Waals surface area contributed by atoms with Crippen molar-refractivity contribution >= 4 is 24.2 Å². The van der Waals surface area contributed by atoms with Crippen molar-refractivity contribution < 1.29 is 23.7 Å². The number of hydrogen-bond donors (Lipinski definition) is 0. The van der Waals surface area contributed by atoms with Crippen molar-refractivity contribution in [2.24, 2.45) is 0 Å². The Hall–Kier alpha value is -4.06. The van der Waals surface area contributed by atoms with E-state index < -0.39 is 5.97 Å². The summed E-state index contributed by atoms with van der Waals surface area (Å²) >= 11 is 0. The summed E-state index contributed by atoms with van der Waals surface area (Å²) in [4.78, 5) is 16.7. The standard InChI is InChI=1S/C27H27NO5/c1-4-31-23-14-10-21(18-25(23)30-3)12-16-27(29)33-24-15-11-20(19-26(24)32-5-2)9-13-22-8-6-7-17-28-22/h6-19H,4-5H2,1-3H3/b13-9+,16-12+. The summed E-state index contributed by atoms with van der Waals surface area (Å²) in [5.74, 6) is 1.58. The van der Waals surface area contributed by atoms with Crippen LogP contribution in [0.1, 0.15) is 30.7 Å². The van der Waals surface area contributed by atoms with Gasteiger partial charge in [-0.15, -0.1) is 0 Å². The van der Waals surface area contributed by atoms with Gasteiger partial charge in [-0.05, 0) is 73.5 Å². The van der Waals surface area contributed by atoms with E-state index >= 15 is 0 Å². The van der Waals surface area contributed by atoms with E-state index in [1.165, 1.54) is 6.08 Å². The molecule has 1 aromatic heterocycles. The van der Waals surface area contributed by atoms with Crippen LogP contribution in [0.2, 0.25) is 0 Å². The van der Waals surface area contributed by atoms with Crippen LogP contribution in [-0.4, -0.2) is 31.3 Å². The second kappa shape index (κ2) is 12.1. The second-order valence-electron chi connectivity index (χ2n) is 6.82. The summed E-state index contributed by atoms with van der Waals surface area (Å²) in [7, 11) is 1.57. The molecule has 2 aromatic carbocycles. The van der Waals surface area contributed by atoms with Gasteiger partial charge in [0.1, 0.15) is 0 Å². The number of rotatable bonds is 10. The molecular formula is C27H27NO5. The second-order valence-corrected chi connectivity index (χ2v) is 6.82. The van der Waals surface area contributed by atoms with Gasteiger partial charge in [0, 0.05) is 12.3 Å². The van der Waals surface area contributed by atoms with Crippen LogP contribution in [0.15, 0.2) is 66.9 Å². The van der Waals surface area contributed by atoms with E-state index in [-0.39, 0.29) is 0 Å². The van der Waals surface area contributed by atoms with Gasteiger partial charge in [-0.25, -0.2) is 4.79 Å². The van der Waals surface area contributed by atoms with Crippen molar-refractivity contribution in [2.75, 3.05) is 20.3 Å². The van der Waals surface area contributed by atoms with Crippen LogP contribution in [0.5, 0.6) is 23.0 Å². The van der Waals surface area contributed by atoms with Crippen LogP contribution in [-0.2, 0) is 4.79 Å². The van der Waals surface area contributed by atoms with E-state index in [1.807, 2.05) is 62.4 Å². The number of benzene rings is 2.